The average molecular weight is 193 g/mol. The summed E-state index contributed by atoms with van der Waals surface area (Å²) in [6.07, 6.45) is 8.96. The fourth-order valence-electron chi connectivity index (χ4n) is 2.17. The number of hydrogen-bond acceptors (Lipinski definition) is 2. The van der Waals surface area contributed by atoms with Crippen LogP contribution in [0.25, 0.3) is 0 Å². The van der Waals surface area contributed by atoms with Crippen LogP contribution >= 0.6 is 0 Å². The van der Waals surface area contributed by atoms with Gasteiger partial charge in [-0.2, -0.15) is 0 Å². The Morgan fingerprint density at radius 3 is 2.93 bits per heavy atom. The van der Waals surface area contributed by atoms with Crippen molar-refractivity contribution >= 4 is 0 Å². The van der Waals surface area contributed by atoms with Crippen molar-refractivity contribution in [1.29, 1.82) is 0 Å². The lowest BCUT2D eigenvalue weighted by molar-refractivity contribution is 0.229. The van der Waals surface area contributed by atoms with Crippen molar-refractivity contribution in [2.45, 2.75) is 38.6 Å². The zero-order chi connectivity index (χ0) is 9.80. The van der Waals surface area contributed by atoms with E-state index in [1.807, 2.05) is 6.26 Å². The van der Waals surface area contributed by atoms with Gasteiger partial charge in [0.2, 0.25) is 0 Å². The lowest BCUT2D eigenvalue weighted by Crippen LogP contribution is -2.40. The molecule has 1 aromatic rings. The zero-order valence-electron chi connectivity index (χ0n) is 8.83. The molecule has 1 heterocycles. The van der Waals surface area contributed by atoms with Gasteiger partial charge in [0.15, 0.2) is 0 Å². The van der Waals surface area contributed by atoms with Crippen molar-refractivity contribution in [3.05, 3.63) is 24.2 Å². The van der Waals surface area contributed by atoms with Crippen molar-refractivity contribution in [2.24, 2.45) is 5.92 Å². The fraction of sp³-hybridized carbons (Fsp3) is 0.667. The Labute approximate surface area is 85.7 Å². The highest BCUT2D eigenvalue weighted by Gasteiger charge is 2.26. The smallest absolute Gasteiger partial charge is 0.0935 e. The molecule has 2 heteroatoms. The number of furan rings is 1. The van der Waals surface area contributed by atoms with E-state index >= 15 is 0 Å². The molecule has 0 aromatic carbocycles. The lowest BCUT2D eigenvalue weighted by Gasteiger charge is -2.34. The van der Waals surface area contributed by atoms with Crippen molar-refractivity contribution in [2.75, 3.05) is 6.54 Å². The van der Waals surface area contributed by atoms with Crippen LogP contribution in [0.15, 0.2) is 23.0 Å². The maximum atomic E-state index is 5.10. The number of nitrogens with one attached hydrogen (secondary N) is 1. The largest absolute Gasteiger partial charge is 0.472 e. The molecule has 0 bridgehead atoms. The van der Waals surface area contributed by atoms with Gasteiger partial charge in [0.25, 0.3) is 0 Å². The van der Waals surface area contributed by atoms with Crippen LogP contribution in [0.1, 0.15) is 31.7 Å². The van der Waals surface area contributed by atoms with Gasteiger partial charge in [0.05, 0.1) is 12.5 Å². The van der Waals surface area contributed by atoms with Gasteiger partial charge in [-0.3, -0.25) is 0 Å². The highest BCUT2D eigenvalue weighted by molar-refractivity contribution is 5.08. The second-order valence-electron chi connectivity index (χ2n) is 4.19. The van der Waals surface area contributed by atoms with Crippen molar-refractivity contribution < 1.29 is 4.42 Å². The van der Waals surface area contributed by atoms with Gasteiger partial charge in [-0.25, -0.2) is 0 Å². The quantitative estimate of drug-likeness (QED) is 0.777. The third-order valence-corrected chi connectivity index (χ3v) is 3.22. The van der Waals surface area contributed by atoms with Crippen LogP contribution in [0.5, 0.6) is 0 Å². The van der Waals surface area contributed by atoms with Crippen LogP contribution in [0.4, 0.5) is 0 Å². The molecule has 1 aliphatic carbocycles. The van der Waals surface area contributed by atoms with Gasteiger partial charge in [-0.05, 0) is 43.4 Å². The zero-order valence-corrected chi connectivity index (χ0v) is 8.83. The molecular formula is C12H19NO. The Morgan fingerprint density at radius 1 is 1.57 bits per heavy atom. The van der Waals surface area contributed by atoms with Gasteiger partial charge in [0, 0.05) is 6.04 Å². The summed E-state index contributed by atoms with van der Waals surface area (Å²) in [6.45, 7) is 3.25. The van der Waals surface area contributed by atoms with Gasteiger partial charge in [-0.1, -0.05) is 13.3 Å². The minimum Gasteiger partial charge on any atom is -0.472 e. The van der Waals surface area contributed by atoms with Crippen LogP contribution in [-0.2, 0) is 6.42 Å². The monoisotopic (exact) mass is 193 g/mol. The number of rotatable bonds is 5. The second-order valence-corrected chi connectivity index (χ2v) is 4.19. The third-order valence-electron chi connectivity index (χ3n) is 3.22. The van der Waals surface area contributed by atoms with E-state index in [9.17, 15) is 0 Å². The molecule has 0 radical (unpaired) electrons. The molecule has 78 valence electrons. The first kappa shape index (κ1) is 9.78. The van der Waals surface area contributed by atoms with E-state index in [4.69, 9.17) is 4.42 Å². The molecule has 1 unspecified atom stereocenters. The minimum atomic E-state index is 0.659. The van der Waals surface area contributed by atoms with E-state index in [2.05, 4.69) is 18.3 Å². The predicted octanol–water partition coefficient (Wildman–Crippen LogP) is 2.60. The molecule has 1 fully saturated rings. The average Bonchev–Trinajstić information content (AvgIpc) is 2.54. The summed E-state index contributed by atoms with van der Waals surface area (Å²) in [4.78, 5) is 0. The Balaban J connectivity index is 1.89. The summed E-state index contributed by atoms with van der Waals surface area (Å²) in [5, 5.41) is 3.58. The first-order valence-electron chi connectivity index (χ1n) is 5.64. The molecule has 0 spiro atoms. The third kappa shape index (κ3) is 2.18. The molecular weight excluding hydrogens is 174 g/mol. The SMILES string of the molecule is CCNC(Cc1ccoc1)C1CCC1. The van der Waals surface area contributed by atoms with Crippen molar-refractivity contribution in [1.82, 2.24) is 5.32 Å². The number of likely N-dealkylation sites (N-methyl/N-ethyl adjacent to an activating group) is 1. The summed E-state index contributed by atoms with van der Waals surface area (Å²) in [5.41, 5.74) is 1.32. The van der Waals surface area contributed by atoms with Crippen LogP contribution in [0, 0.1) is 5.92 Å². The first-order valence-corrected chi connectivity index (χ1v) is 5.64. The second kappa shape index (κ2) is 4.65. The highest BCUT2D eigenvalue weighted by atomic mass is 16.3. The van der Waals surface area contributed by atoms with Gasteiger partial charge >= 0.3 is 0 Å². The molecule has 0 aliphatic heterocycles. The topological polar surface area (TPSA) is 25.2 Å². The molecule has 1 aliphatic rings. The number of hydrogen-bond donors (Lipinski definition) is 1. The molecule has 14 heavy (non-hydrogen) atoms. The van der Waals surface area contributed by atoms with Gasteiger partial charge in [0.1, 0.15) is 0 Å². The van der Waals surface area contributed by atoms with Crippen LogP contribution < -0.4 is 5.32 Å². The Kier molecular flexibility index (Phi) is 3.25. The predicted molar refractivity (Wildman–Crippen MR) is 57.2 cm³/mol. The lowest BCUT2D eigenvalue weighted by atomic mass is 9.78. The van der Waals surface area contributed by atoms with Crippen LogP contribution in [0.2, 0.25) is 0 Å². The normalized spacial score (nSPS) is 19.2. The Morgan fingerprint density at radius 2 is 2.43 bits per heavy atom. The van der Waals surface area contributed by atoms with E-state index in [-0.39, 0.29) is 0 Å². The molecule has 0 amide bonds. The van der Waals surface area contributed by atoms with Gasteiger partial charge < -0.3 is 9.73 Å². The Bertz CT molecular complexity index is 251. The van der Waals surface area contributed by atoms with E-state index in [0.29, 0.717) is 6.04 Å². The minimum absolute atomic E-state index is 0.659. The summed E-state index contributed by atoms with van der Waals surface area (Å²) >= 11 is 0. The van der Waals surface area contributed by atoms with Crippen molar-refractivity contribution in [3.8, 4) is 0 Å². The molecule has 1 atom stereocenters. The van der Waals surface area contributed by atoms with E-state index in [0.717, 1.165) is 18.9 Å². The van der Waals surface area contributed by atoms with E-state index in [1.165, 1.54) is 24.8 Å². The van der Waals surface area contributed by atoms with E-state index < -0.39 is 0 Å². The highest BCUT2D eigenvalue weighted by Crippen LogP contribution is 2.31. The van der Waals surface area contributed by atoms with Gasteiger partial charge in [-0.15, -0.1) is 0 Å². The molecule has 2 rings (SSSR count). The maximum absolute atomic E-state index is 5.10. The molecule has 1 N–H and O–H groups in total. The van der Waals surface area contributed by atoms with Crippen molar-refractivity contribution in [3.63, 3.8) is 0 Å². The summed E-state index contributed by atoms with van der Waals surface area (Å²) in [6, 6.07) is 2.73. The first-order chi connectivity index (χ1) is 6.90. The summed E-state index contributed by atoms with van der Waals surface area (Å²) in [7, 11) is 0. The van der Waals surface area contributed by atoms with E-state index in [1.54, 1.807) is 6.26 Å². The molecule has 1 aromatic heterocycles. The maximum Gasteiger partial charge on any atom is 0.0935 e. The molecule has 2 nitrogen and oxygen atoms in total. The van der Waals surface area contributed by atoms with Crippen LogP contribution in [0.3, 0.4) is 0 Å². The Hall–Kier alpha value is -0.760. The molecule has 0 saturated heterocycles. The standard InChI is InChI=1S/C12H19NO/c1-2-13-12(11-4-3-5-11)8-10-6-7-14-9-10/h6-7,9,11-13H,2-5,8H2,1H3. The van der Waals surface area contributed by atoms with Crippen LogP contribution in [-0.4, -0.2) is 12.6 Å². The summed E-state index contributed by atoms with van der Waals surface area (Å²) < 4.78 is 5.10. The molecule has 1 saturated carbocycles. The fourth-order valence-corrected chi connectivity index (χ4v) is 2.17. The summed E-state index contributed by atoms with van der Waals surface area (Å²) in [5.74, 6) is 0.893.